The second-order valence-electron chi connectivity index (χ2n) is 4.21. The van der Waals surface area contributed by atoms with Crippen LogP contribution in [0.3, 0.4) is 0 Å². The Morgan fingerprint density at radius 1 is 1.05 bits per heavy atom. The molecule has 1 N–H and O–H groups in total. The number of rotatable bonds is 1. The van der Waals surface area contributed by atoms with Gasteiger partial charge in [0.15, 0.2) is 0 Å². The number of hydrogen-bond acceptors (Lipinski definition) is 3. The van der Waals surface area contributed by atoms with Gasteiger partial charge in [0.25, 0.3) is 0 Å². The van der Waals surface area contributed by atoms with Crippen LogP contribution in [0.1, 0.15) is 0 Å². The normalized spacial score (nSPS) is 10.6. The van der Waals surface area contributed by atoms with Crippen molar-refractivity contribution in [1.29, 1.82) is 5.41 Å². The second-order valence-corrected chi connectivity index (χ2v) is 4.21. The highest BCUT2D eigenvalue weighted by Crippen LogP contribution is 2.14. The second kappa shape index (κ2) is 4.53. The minimum Gasteiger partial charge on any atom is -0.314 e. The van der Waals surface area contributed by atoms with Crippen LogP contribution in [0.25, 0.3) is 11.0 Å². The van der Waals surface area contributed by atoms with Crippen molar-refractivity contribution in [3.63, 3.8) is 0 Å². The lowest BCUT2D eigenvalue weighted by Gasteiger charge is -2.19. The predicted octanol–water partition coefficient (Wildman–Crippen LogP) is 2.35. The first-order valence-corrected chi connectivity index (χ1v) is 5.95. The van der Waals surface area contributed by atoms with Gasteiger partial charge in [-0.05, 0) is 24.3 Å². The molecule has 0 amide bonds. The number of para-hydroxylation sites is 2. The molecule has 0 aliphatic heterocycles. The van der Waals surface area contributed by atoms with Crippen LogP contribution in [0.5, 0.6) is 0 Å². The van der Waals surface area contributed by atoms with E-state index < -0.39 is 0 Å². The molecule has 0 bridgehead atoms. The Morgan fingerprint density at radius 3 is 2.53 bits per heavy atom. The highest BCUT2D eigenvalue weighted by atomic mass is 15.5. The topological polar surface area (TPSA) is 57.8 Å². The summed E-state index contributed by atoms with van der Waals surface area (Å²) in [6.45, 7) is 0. The molecule has 19 heavy (non-hydrogen) atoms. The highest BCUT2D eigenvalue weighted by molar-refractivity contribution is 5.99. The number of fused-ring (bicyclic) bond motifs is 1. The van der Waals surface area contributed by atoms with Gasteiger partial charge in [-0.1, -0.05) is 35.5 Å². The van der Waals surface area contributed by atoms with Crippen molar-refractivity contribution in [1.82, 2.24) is 15.0 Å². The van der Waals surface area contributed by atoms with Crippen molar-refractivity contribution in [3.05, 3.63) is 54.6 Å². The molecule has 0 unspecified atom stereocenters. The fourth-order valence-electron chi connectivity index (χ4n) is 1.94. The molecular formula is C14H13N5. The Hall–Kier alpha value is -2.69. The Morgan fingerprint density at radius 2 is 1.74 bits per heavy atom. The highest BCUT2D eigenvalue weighted by Gasteiger charge is 2.13. The van der Waals surface area contributed by atoms with Gasteiger partial charge in [0, 0.05) is 12.7 Å². The maximum atomic E-state index is 8.26. The molecule has 3 rings (SSSR count). The van der Waals surface area contributed by atoms with Crippen LogP contribution >= 0.6 is 0 Å². The predicted molar refractivity (Wildman–Crippen MR) is 75.5 cm³/mol. The minimum atomic E-state index is 0.264. The lowest BCUT2D eigenvalue weighted by atomic mass is 10.3. The van der Waals surface area contributed by atoms with E-state index in [1.807, 2.05) is 61.6 Å². The number of aromatic nitrogens is 3. The van der Waals surface area contributed by atoms with E-state index in [1.54, 1.807) is 4.90 Å². The van der Waals surface area contributed by atoms with Crippen molar-refractivity contribution in [2.45, 2.75) is 0 Å². The zero-order valence-corrected chi connectivity index (χ0v) is 10.5. The molecule has 0 fully saturated rings. The van der Waals surface area contributed by atoms with Gasteiger partial charge in [0.05, 0.1) is 5.52 Å². The van der Waals surface area contributed by atoms with E-state index >= 15 is 0 Å². The molecule has 94 valence electrons. The molecule has 5 heteroatoms. The van der Waals surface area contributed by atoms with Gasteiger partial charge in [0.1, 0.15) is 5.52 Å². The summed E-state index contributed by atoms with van der Waals surface area (Å²) in [4.78, 5) is 1.76. The zero-order valence-electron chi connectivity index (χ0n) is 10.5. The Balaban J connectivity index is 2.00. The van der Waals surface area contributed by atoms with Crippen molar-refractivity contribution < 1.29 is 0 Å². The smallest absolute Gasteiger partial charge is 0.225 e. The third kappa shape index (κ3) is 1.95. The van der Waals surface area contributed by atoms with Gasteiger partial charge >= 0.3 is 0 Å². The fourth-order valence-corrected chi connectivity index (χ4v) is 1.94. The van der Waals surface area contributed by atoms with Crippen molar-refractivity contribution >= 4 is 22.7 Å². The summed E-state index contributed by atoms with van der Waals surface area (Å²) in [6, 6.07) is 17.4. The quantitative estimate of drug-likeness (QED) is 0.533. The summed E-state index contributed by atoms with van der Waals surface area (Å²) in [6.07, 6.45) is 0. The van der Waals surface area contributed by atoms with Crippen LogP contribution in [-0.2, 0) is 0 Å². The molecule has 0 aliphatic rings. The first-order chi connectivity index (χ1) is 9.27. The number of benzene rings is 2. The molecule has 5 nitrogen and oxygen atoms in total. The lowest BCUT2D eigenvalue weighted by molar-refractivity contribution is 0.838. The average molecular weight is 251 g/mol. The van der Waals surface area contributed by atoms with Crippen LogP contribution < -0.4 is 4.90 Å². The van der Waals surface area contributed by atoms with E-state index in [1.165, 1.54) is 4.68 Å². The molecule has 0 aliphatic carbocycles. The first-order valence-electron chi connectivity index (χ1n) is 5.95. The van der Waals surface area contributed by atoms with E-state index in [-0.39, 0.29) is 5.96 Å². The summed E-state index contributed by atoms with van der Waals surface area (Å²) < 4.78 is 1.53. The first kappa shape index (κ1) is 11.4. The van der Waals surface area contributed by atoms with E-state index in [4.69, 9.17) is 5.41 Å². The van der Waals surface area contributed by atoms with Gasteiger partial charge in [0.2, 0.25) is 5.96 Å². The third-order valence-electron chi connectivity index (χ3n) is 3.01. The Kier molecular flexibility index (Phi) is 2.72. The number of hydrogen-bond donors (Lipinski definition) is 1. The van der Waals surface area contributed by atoms with E-state index in [0.717, 1.165) is 16.7 Å². The maximum absolute atomic E-state index is 8.26. The van der Waals surface area contributed by atoms with Crippen molar-refractivity contribution in [3.8, 4) is 0 Å². The van der Waals surface area contributed by atoms with Crippen molar-refractivity contribution in [2.24, 2.45) is 0 Å². The molecule has 0 spiro atoms. The van der Waals surface area contributed by atoms with Crippen LogP contribution in [0.15, 0.2) is 54.6 Å². The number of anilines is 1. The van der Waals surface area contributed by atoms with Crippen molar-refractivity contribution in [2.75, 3.05) is 11.9 Å². The summed E-state index contributed by atoms with van der Waals surface area (Å²) in [5.41, 5.74) is 2.55. The molecular weight excluding hydrogens is 238 g/mol. The average Bonchev–Trinajstić information content (AvgIpc) is 2.90. The van der Waals surface area contributed by atoms with Crippen LogP contribution in [0.4, 0.5) is 5.69 Å². The molecule has 0 saturated heterocycles. The van der Waals surface area contributed by atoms with E-state index in [2.05, 4.69) is 10.3 Å². The van der Waals surface area contributed by atoms with Gasteiger partial charge in [-0.2, -0.15) is 4.68 Å². The molecule has 3 aromatic rings. The fraction of sp³-hybridized carbons (Fsp3) is 0.0714. The van der Waals surface area contributed by atoms with Crippen LogP contribution in [-0.4, -0.2) is 28.0 Å². The van der Waals surface area contributed by atoms with E-state index in [0.29, 0.717) is 0 Å². The van der Waals surface area contributed by atoms with Gasteiger partial charge < -0.3 is 4.90 Å². The third-order valence-corrected chi connectivity index (χ3v) is 3.01. The summed E-state index contributed by atoms with van der Waals surface area (Å²) in [5.74, 6) is 0.264. The summed E-state index contributed by atoms with van der Waals surface area (Å²) >= 11 is 0. The molecule has 1 heterocycles. The van der Waals surface area contributed by atoms with Gasteiger partial charge in [-0.15, -0.1) is 5.10 Å². The lowest BCUT2D eigenvalue weighted by Crippen LogP contribution is -2.32. The number of nitrogens with one attached hydrogen (secondary N) is 1. The molecule has 0 radical (unpaired) electrons. The standard InChI is InChI=1S/C14H13N5/c1-18(11-7-3-2-4-8-11)14(15)19-13-10-6-5-9-12(13)16-17-19/h2-10,15H,1H3. The SMILES string of the molecule is CN(C(=N)n1nnc2ccccc21)c1ccccc1. The molecule has 0 saturated carbocycles. The largest absolute Gasteiger partial charge is 0.314 e. The zero-order chi connectivity index (χ0) is 13.2. The maximum Gasteiger partial charge on any atom is 0.225 e. The van der Waals surface area contributed by atoms with E-state index in [9.17, 15) is 0 Å². The van der Waals surface area contributed by atoms with Gasteiger partial charge in [-0.25, -0.2) is 0 Å². The summed E-state index contributed by atoms with van der Waals surface area (Å²) in [5, 5.41) is 16.4. The molecule has 0 atom stereocenters. The molecule has 2 aromatic carbocycles. The monoisotopic (exact) mass is 251 g/mol. The minimum absolute atomic E-state index is 0.264. The van der Waals surface area contributed by atoms with Gasteiger partial charge in [-0.3, -0.25) is 5.41 Å². The summed E-state index contributed by atoms with van der Waals surface area (Å²) in [7, 11) is 1.84. The number of nitrogens with zero attached hydrogens (tertiary/aromatic N) is 4. The Bertz CT molecular complexity index is 717. The Labute approximate surface area is 110 Å². The van der Waals surface area contributed by atoms with Crippen LogP contribution in [0.2, 0.25) is 0 Å². The van der Waals surface area contributed by atoms with Crippen LogP contribution in [0, 0.1) is 5.41 Å². The molecule has 1 aromatic heterocycles.